The maximum Gasteiger partial charge on any atom is 0.270 e. The lowest BCUT2D eigenvalue weighted by Crippen LogP contribution is -2.52. The van der Waals surface area contributed by atoms with Crippen molar-refractivity contribution in [1.82, 2.24) is 35.1 Å². The molecular formula is C36H29Cl2N9O3S. The molecule has 1 aliphatic heterocycles. The van der Waals surface area contributed by atoms with E-state index in [1.165, 1.54) is 11.1 Å². The van der Waals surface area contributed by atoms with Crippen molar-refractivity contribution >= 4 is 63.9 Å². The van der Waals surface area contributed by atoms with Crippen molar-refractivity contribution in [3.8, 4) is 17.2 Å². The maximum absolute atomic E-state index is 14.5. The summed E-state index contributed by atoms with van der Waals surface area (Å²) < 4.78 is 1.64. The first-order chi connectivity index (χ1) is 24.4. The highest BCUT2D eigenvalue weighted by molar-refractivity contribution is 7.09. The highest BCUT2D eigenvalue weighted by atomic mass is 35.5. The van der Waals surface area contributed by atoms with Crippen LogP contribution in [0.1, 0.15) is 65.2 Å². The lowest BCUT2D eigenvalue weighted by Gasteiger charge is -2.27. The van der Waals surface area contributed by atoms with E-state index in [9.17, 15) is 14.4 Å². The molecule has 0 saturated heterocycles. The summed E-state index contributed by atoms with van der Waals surface area (Å²) in [5.74, 6) is -0.799. The smallest absolute Gasteiger partial charge is 0.270 e. The topological polar surface area (TPSA) is 159 Å². The summed E-state index contributed by atoms with van der Waals surface area (Å²) in [5, 5.41) is 18.8. The lowest BCUT2D eigenvalue weighted by molar-refractivity contribution is -0.125. The van der Waals surface area contributed by atoms with E-state index in [4.69, 9.17) is 28.5 Å². The van der Waals surface area contributed by atoms with Gasteiger partial charge in [-0.25, -0.2) is 24.8 Å². The number of carbonyl (C=O) groups excluding carboxylic acids is 3. The van der Waals surface area contributed by atoms with Crippen LogP contribution in [-0.4, -0.2) is 47.8 Å². The Morgan fingerprint density at radius 2 is 1.65 bits per heavy atom. The van der Waals surface area contributed by atoms with Gasteiger partial charge in [-0.15, -0.1) is 11.3 Å². The minimum atomic E-state index is -1.31. The first-order valence-corrected chi connectivity index (χ1v) is 17.9. The molecule has 2 aliphatic carbocycles. The van der Waals surface area contributed by atoms with Gasteiger partial charge >= 0.3 is 0 Å². The number of nitrogens with zero attached hydrogens (tertiary/aromatic N) is 7. The Hall–Kier alpha value is -5.16. The summed E-state index contributed by atoms with van der Waals surface area (Å²) in [4.78, 5) is 61.1. The molecular weight excluding hydrogens is 709 g/mol. The summed E-state index contributed by atoms with van der Waals surface area (Å²) in [6, 6.07) is 14.3. The molecule has 0 radical (unpaired) electrons. The van der Waals surface area contributed by atoms with Gasteiger partial charge in [0.1, 0.15) is 22.8 Å². The highest BCUT2D eigenvalue weighted by Crippen LogP contribution is 2.48. The van der Waals surface area contributed by atoms with Crippen molar-refractivity contribution in [2.45, 2.75) is 62.6 Å². The number of anilines is 2. The molecule has 4 heterocycles. The standard InChI is InChI=1S/C36H29Cl2N9O3S/c1-20-43-28(19-51-20)35(7-8-35)45-31(49)36(9-10-36)44-30(48)27-18-42-33-46(26-12-24(37)11-25(38)13-26)32(50)34(2,47(27)33)14-21-3-5-22(6-4-21)23-16-40-29(15-39)41-17-23/h3-6,11-13,16-19H,7-10,14H2,1-2H3,(H,44,48)(H,45,49)/t34-/m1/s1. The molecule has 1 atom stereocenters. The molecule has 2 N–H and O–H groups in total. The molecule has 3 aliphatic rings. The van der Waals surface area contributed by atoms with Gasteiger partial charge in [0.25, 0.3) is 11.8 Å². The minimum absolute atomic E-state index is 0.0790. The molecule has 12 nitrogen and oxygen atoms in total. The number of imidazole rings is 1. The summed E-state index contributed by atoms with van der Waals surface area (Å²) in [7, 11) is 0. The van der Waals surface area contributed by atoms with Crippen molar-refractivity contribution < 1.29 is 14.4 Å². The number of hydrogen-bond donors (Lipinski definition) is 2. The zero-order valence-electron chi connectivity index (χ0n) is 27.4. The summed E-state index contributed by atoms with van der Waals surface area (Å²) in [6.07, 6.45) is 7.33. The predicted octanol–water partition coefficient (Wildman–Crippen LogP) is 5.99. The Morgan fingerprint density at radius 1 is 0.961 bits per heavy atom. The van der Waals surface area contributed by atoms with Gasteiger partial charge in [-0.05, 0) is 68.9 Å². The van der Waals surface area contributed by atoms with Gasteiger partial charge < -0.3 is 10.6 Å². The van der Waals surface area contributed by atoms with Crippen molar-refractivity contribution in [1.29, 1.82) is 5.26 Å². The third-order valence-electron chi connectivity index (χ3n) is 9.78. The van der Waals surface area contributed by atoms with Crippen LogP contribution in [0.15, 0.2) is 66.4 Å². The zero-order valence-corrected chi connectivity index (χ0v) is 29.7. The molecule has 256 valence electrons. The molecule has 51 heavy (non-hydrogen) atoms. The number of hydrogen-bond acceptors (Lipinski definition) is 9. The lowest BCUT2D eigenvalue weighted by atomic mass is 9.90. The molecule has 2 fully saturated rings. The average molecular weight is 739 g/mol. The van der Waals surface area contributed by atoms with Crippen molar-refractivity contribution in [2.24, 2.45) is 0 Å². The molecule has 2 saturated carbocycles. The summed E-state index contributed by atoms with van der Waals surface area (Å²) in [5.41, 5.74) is 0.866. The first-order valence-electron chi connectivity index (χ1n) is 16.2. The molecule has 15 heteroatoms. The van der Waals surface area contributed by atoms with Gasteiger partial charge in [0.05, 0.1) is 28.1 Å². The second-order valence-corrected chi connectivity index (χ2v) is 15.4. The van der Waals surface area contributed by atoms with Gasteiger partial charge in [-0.2, -0.15) is 5.26 Å². The van der Waals surface area contributed by atoms with E-state index in [0.29, 0.717) is 28.6 Å². The Morgan fingerprint density at radius 3 is 2.24 bits per heavy atom. The van der Waals surface area contributed by atoms with Gasteiger partial charge in [-0.1, -0.05) is 47.5 Å². The van der Waals surface area contributed by atoms with Gasteiger partial charge in [-0.3, -0.25) is 19.0 Å². The van der Waals surface area contributed by atoms with E-state index in [1.54, 1.807) is 53.4 Å². The summed E-state index contributed by atoms with van der Waals surface area (Å²) >= 11 is 14.3. The highest BCUT2D eigenvalue weighted by Gasteiger charge is 2.57. The fourth-order valence-electron chi connectivity index (χ4n) is 6.68. The number of nitrogens with one attached hydrogen (secondary N) is 2. The van der Waals surface area contributed by atoms with E-state index < -0.39 is 22.5 Å². The van der Waals surface area contributed by atoms with Crippen LogP contribution in [0.2, 0.25) is 10.0 Å². The quantitative estimate of drug-likeness (QED) is 0.187. The molecule has 0 bridgehead atoms. The summed E-state index contributed by atoms with van der Waals surface area (Å²) in [6.45, 7) is 3.69. The van der Waals surface area contributed by atoms with E-state index in [2.05, 4.69) is 30.6 Å². The third-order valence-corrected chi connectivity index (χ3v) is 11.0. The number of thiazole rings is 1. The molecule has 3 amide bonds. The van der Waals surface area contributed by atoms with Crippen LogP contribution in [0.4, 0.5) is 11.6 Å². The van der Waals surface area contributed by atoms with E-state index in [-0.39, 0.29) is 35.7 Å². The van der Waals surface area contributed by atoms with Crippen LogP contribution in [-0.2, 0) is 27.1 Å². The number of amides is 3. The Bertz CT molecular complexity index is 2270. The average Bonchev–Trinajstić information content (AvgIpc) is 3.95. The van der Waals surface area contributed by atoms with Crippen LogP contribution in [0.25, 0.3) is 11.1 Å². The fourth-order valence-corrected chi connectivity index (χ4v) is 7.91. The Labute approximate surface area is 306 Å². The van der Waals surface area contributed by atoms with Crippen LogP contribution >= 0.6 is 34.5 Å². The van der Waals surface area contributed by atoms with Gasteiger partial charge in [0.2, 0.25) is 17.7 Å². The molecule has 2 aromatic carbocycles. The number of nitriles is 1. The monoisotopic (exact) mass is 737 g/mol. The van der Waals surface area contributed by atoms with Crippen LogP contribution in [0.3, 0.4) is 0 Å². The Kier molecular flexibility index (Phi) is 7.75. The first kappa shape index (κ1) is 33.0. The molecule has 8 rings (SSSR count). The maximum atomic E-state index is 14.5. The molecule has 3 aromatic heterocycles. The van der Waals surface area contributed by atoms with Crippen LogP contribution in [0, 0.1) is 18.3 Å². The van der Waals surface area contributed by atoms with Crippen LogP contribution in [0.5, 0.6) is 0 Å². The van der Waals surface area contributed by atoms with Crippen molar-refractivity contribution in [2.75, 3.05) is 4.90 Å². The second-order valence-electron chi connectivity index (χ2n) is 13.4. The normalized spacial score (nSPS) is 19.3. The number of aromatic nitrogens is 5. The minimum Gasteiger partial charge on any atom is -0.343 e. The molecule has 5 aromatic rings. The van der Waals surface area contributed by atoms with Gasteiger partial charge in [0, 0.05) is 39.8 Å². The predicted molar refractivity (Wildman–Crippen MR) is 191 cm³/mol. The molecule has 0 unspecified atom stereocenters. The Balaban J connectivity index is 1.11. The number of rotatable bonds is 9. The number of halogens is 2. The number of aryl methyl sites for hydroxylation is 1. The number of fused-ring (bicyclic) bond motifs is 1. The van der Waals surface area contributed by atoms with Gasteiger partial charge in [0.15, 0.2) is 0 Å². The SMILES string of the molecule is Cc1nc(C2(NC(=O)C3(NC(=O)c4cnc5n4[C@](C)(Cc4ccc(-c6cnc(C#N)nc6)cc4)C(=O)N5c4cc(Cl)cc(Cl)c4)CC3)CC2)cs1. The second kappa shape index (κ2) is 12.0. The largest absolute Gasteiger partial charge is 0.343 e. The number of carbonyl (C=O) groups is 3. The van der Waals surface area contributed by atoms with Crippen molar-refractivity contribution in [3.05, 3.63) is 104 Å². The molecule has 0 spiro atoms. The van der Waals surface area contributed by atoms with E-state index in [1.807, 2.05) is 42.6 Å². The fraction of sp³-hybridized carbons (Fsp3) is 0.278. The number of benzene rings is 2. The van der Waals surface area contributed by atoms with Crippen LogP contribution < -0.4 is 15.5 Å². The van der Waals surface area contributed by atoms with E-state index in [0.717, 1.165) is 40.2 Å². The third kappa shape index (κ3) is 5.73. The van der Waals surface area contributed by atoms with Crippen molar-refractivity contribution in [3.63, 3.8) is 0 Å². The van der Waals surface area contributed by atoms with E-state index >= 15 is 0 Å². The zero-order chi connectivity index (χ0) is 35.7.